The van der Waals surface area contributed by atoms with Gasteiger partial charge in [0.1, 0.15) is 6.10 Å². The van der Waals surface area contributed by atoms with E-state index in [-0.39, 0.29) is 12.0 Å². The third-order valence-electron chi connectivity index (χ3n) is 2.67. The molecule has 1 amide bonds. The summed E-state index contributed by atoms with van der Waals surface area (Å²) in [4.78, 5) is 17.5. The first-order valence-corrected chi connectivity index (χ1v) is 6.55. The van der Waals surface area contributed by atoms with E-state index in [0.29, 0.717) is 25.4 Å². The molecule has 0 aromatic carbocycles. The van der Waals surface area contributed by atoms with E-state index in [0.717, 1.165) is 10.9 Å². The molecule has 2 heterocycles. The Hall–Kier alpha value is -1.10. The van der Waals surface area contributed by atoms with Gasteiger partial charge in [0, 0.05) is 12.6 Å². The molecule has 0 spiro atoms. The normalized spacial score (nSPS) is 15.5. The van der Waals surface area contributed by atoms with Crippen LogP contribution in [0.3, 0.4) is 0 Å². The topological polar surface area (TPSA) is 42.4 Å². The predicted octanol–water partition coefficient (Wildman–Crippen LogP) is 2.23. The van der Waals surface area contributed by atoms with Gasteiger partial charge in [-0.3, -0.25) is 4.79 Å². The number of rotatable bonds is 4. The van der Waals surface area contributed by atoms with Crippen molar-refractivity contribution in [2.24, 2.45) is 0 Å². The molecular formula is C12H15BrN2O2. The van der Waals surface area contributed by atoms with Crippen molar-refractivity contribution in [3.8, 4) is 5.88 Å². The minimum absolute atomic E-state index is 0.0713. The fraction of sp³-hybridized carbons (Fsp3) is 0.500. The van der Waals surface area contributed by atoms with Crippen LogP contribution >= 0.6 is 15.9 Å². The highest BCUT2D eigenvalue weighted by atomic mass is 79.9. The number of ether oxygens (including phenoxy) is 1. The van der Waals surface area contributed by atoms with E-state index < -0.39 is 0 Å². The molecule has 0 aliphatic carbocycles. The molecule has 1 aromatic rings. The van der Waals surface area contributed by atoms with E-state index in [1.807, 2.05) is 24.0 Å². The molecule has 17 heavy (non-hydrogen) atoms. The van der Waals surface area contributed by atoms with Crippen LogP contribution < -0.4 is 4.74 Å². The molecular weight excluding hydrogens is 284 g/mol. The molecule has 1 fully saturated rings. The van der Waals surface area contributed by atoms with Crippen molar-refractivity contribution >= 4 is 21.8 Å². The number of nitrogens with zero attached hydrogens (tertiary/aromatic N) is 2. The van der Waals surface area contributed by atoms with Gasteiger partial charge in [0.2, 0.25) is 11.8 Å². The molecule has 92 valence electrons. The molecule has 5 heteroatoms. The van der Waals surface area contributed by atoms with Crippen LogP contribution in [-0.2, 0) is 4.79 Å². The van der Waals surface area contributed by atoms with Crippen molar-refractivity contribution in [1.29, 1.82) is 0 Å². The quantitative estimate of drug-likeness (QED) is 0.856. The van der Waals surface area contributed by atoms with Crippen LogP contribution in [0.25, 0.3) is 0 Å². The number of carbonyl (C=O) groups excluding carboxylic acids is 1. The molecule has 0 radical (unpaired) electrons. The average molecular weight is 299 g/mol. The summed E-state index contributed by atoms with van der Waals surface area (Å²) >= 11 is 3.38. The number of amides is 1. The molecule has 0 bridgehead atoms. The van der Waals surface area contributed by atoms with Crippen LogP contribution in [0.1, 0.15) is 19.8 Å². The van der Waals surface area contributed by atoms with Crippen molar-refractivity contribution in [2.75, 3.05) is 13.1 Å². The van der Waals surface area contributed by atoms with Crippen LogP contribution in [0.15, 0.2) is 22.8 Å². The summed E-state index contributed by atoms with van der Waals surface area (Å²) in [6.07, 6.45) is 3.29. The molecule has 1 saturated heterocycles. The molecule has 0 unspecified atom stereocenters. The zero-order valence-electron chi connectivity index (χ0n) is 9.73. The van der Waals surface area contributed by atoms with E-state index in [9.17, 15) is 4.79 Å². The standard InChI is InChI=1S/C12H15BrN2O2/c1-2-4-11(16)15-7-9(8-15)17-12-10(13)5-3-6-14-12/h3,5-6,9H,2,4,7-8H2,1H3. The Morgan fingerprint density at radius 2 is 2.41 bits per heavy atom. The van der Waals surface area contributed by atoms with Crippen molar-refractivity contribution in [3.05, 3.63) is 22.8 Å². The van der Waals surface area contributed by atoms with Gasteiger partial charge >= 0.3 is 0 Å². The van der Waals surface area contributed by atoms with Crippen LogP contribution in [0.4, 0.5) is 0 Å². The summed E-state index contributed by atoms with van der Waals surface area (Å²) < 4.78 is 6.53. The monoisotopic (exact) mass is 298 g/mol. The molecule has 0 saturated carbocycles. The van der Waals surface area contributed by atoms with Gasteiger partial charge in [-0.25, -0.2) is 4.98 Å². The first-order chi connectivity index (χ1) is 8.20. The summed E-state index contributed by atoms with van der Waals surface area (Å²) in [6, 6.07) is 3.73. The zero-order valence-corrected chi connectivity index (χ0v) is 11.3. The third kappa shape index (κ3) is 2.97. The molecule has 4 nitrogen and oxygen atoms in total. The van der Waals surface area contributed by atoms with Gasteiger partial charge in [0.15, 0.2) is 0 Å². The molecule has 1 aromatic heterocycles. The first-order valence-electron chi connectivity index (χ1n) is 5.75. The Balaban J connectivity index is 1.81. The second-order valence-corrected chi connectivity index (χ2v) is 4.93. The van der Waals surface area contributed by atoms with Crippen LogP contribution in [-0.4, -0.2) is 35.0 Å². The molecule has 1 aliphatic rings. The minimum atomic E-state index is 0.0713. The van der Waals surface area contributed by atoms with Crippen molar-refractivity contribution < 1.29 is 9.53 Å². The zero-order chi connectivity index (χ0) is 12.3. The van der Waals surface area contributed by atoms with E-state index in [1.165, 1.54) is 0 Å². The summed E-state index contributed by atoms with van der Waals surface area (Å²) in [5.74, 6) is 0.813. The number of pyridine rings is 1. The van der Waals surface area contributed by atoms with Gasteiger partial charge in [0.05, 0.1) is 17.6 Å². The molecule has 0 atom stereocenters. The maximum absolute atomic E-state index is 11.5. The lowest BCUT2D eigenvalue weighted by Crippen LogP contribution is -2.56. The Morgan fingerprint density at radius 1 is 1.65 bits per heavy atom. The first kappa shape index (κ1) is 12.4. The lowest BCUT2D eigenvalue weighted by molar-refractivity contribution is -0.140. The van der Waals surface area contributed by atoms with Gasteiger partial charge in [0.25, 0.3) is 0 Å². The van der Waals surface area contributed by atoms with Gasteiger partial charge in [-0.05, 0) is 34.5 Å². The van der Waals surface area contributed by atoms with E-state index >= 15 is 0 Å². The highest BCUT2D eigenvalue weighted by Crippen LogP contribution is 2.24. The van der Waals surface area contributed by atoms with Gasteiger partial charge in [-0.15, -0.1) is 0 Å². The van der Waals surface area contributed by atoms with Gasteiger partial charge < -0.3 is 9.64 Å². The SMILES string of the molecule is CCCC(=O)N1CC(Oc2ncccc2Br)C1. The Morgan fingerprint density at radius 3 is 3.06 bits per heavy atom. The highest BCUT2D eigenvalue weighted by Gasteiger charge is 2.32. The van der Waals surface area contributed by atoms with E-state index in [1.54, 1.807) is 6.20 Å². The minimum Gasteiger partial charge on any atom is -0.470 e. The Kier molecular flexibility index (Phi) is 3.99. The Bertz CT molecular complexity index is 405. The lowest BCUT2D eigenvalue weighted by atomic mass is 10.1. The largest absolute Gasteiger partial charge is 0.470 e. The number of carbonyl (C=O) groups is 1. The third-order valence-corrected chi connectivity index (χ3v) is 3.27. The summed E-state index contributed by atoms with van der Waals surface area (Å²) in [5.41, 5.74) is 0. The van der Waals surface area contributed by atoms with Gasteiger partial charge in [-0.1, -0.05) is 6.92 Å². The molecule has 0 N–H and O–H groups in total. The van der Waals surface area contributed by atoms with Crippen molar-refractivity contribution in [1.82, 2.24) is 9.88 Å². The number of hydrogen-bond acceptors (Lipinski definition) is 3. The number of aromatic nitrogens is 1. The van der Waals surface area contributed by atoms with Crippen molar-refractivity contribution in [3.63, 3.8) is 0 Å². The smallest absolute Gasteiger partial charge is 0.228 e. The predicted molar refractivity (Wildman–Crippen MR) is 67.8 cm³/mol. The molecule has 2 rings (SSSR count). The second kappa shape index (κ2) is 5.49. The summed E-state index contributed by atoms with van der Waals surface area (Å²) in [7, 11) is 0. The van der Waals surface area contributed by atoms with E-state index in [4.69, 9.17) is 4.74 Å². The number of hydrogen-bond donors (Lipinski definition) is 0. The molecule has 1 aliphatic heterocycles. The summed E-state index contributed by atoms with van der Waals surface area (Å²) in [5, 5.41) is 0. The van der Waals surface area contributed by atoms with E-state index in [2.05, 4.69) is 20.9 Å². The summed E-state index contributed by atoms with van der Waals surface area (Å²) in [6.45, 7) is 3.35. The Labute approximate surface area is 109 Å². The van der Waals surface area contributed by atoms with Gasteiger partial charge in [-0.2, -0.15) is 0 Å². The number of likely N-dealkylation sites (tertiary alicyclic amines) is 1. The fourth-order valence-electron chi connectivity index (χ4n) is 1.70. The maximum atomic E-state index is 11.5. The van der Waals surface area contributed by atoms with Crippen LogP contribution in [0.5, 0.6) is 5.88 Å². The number of halogens is 1. The highest BCUT2D eigenvalue weighted by molar-refractivity contribution is 9.10. The second-order valence-electron chi connectivity index (χ2n) is 4.08. The average Bonchev–Trinajstić information content (AvgIpc) is 2.25. The van der Waals surface area contributed by atoms with Crippen LogP contribution in [0.2, 0.25) is 0 Å². The van der Waals surface area contributed by atoms with Crippen molar-refractivity contribution in [2.45, 2.75) is 25.9 Å². The lowest BCUT2D eigenvalue weighted by Gasteiger charge is -2.38. The maximum Gasteiger partial charge on any atom is 0.228 e. The van der Waals surface area contributed by atoms with Crippen LogP contribution in [0, 0.1) is 0 Å². The fourth-order valence-corrected chi connectivity index (χ4v) is 2.05.